The number of rotatable bonds is 3. The number of halogens is 1. The average Bonchev–Trinajstić information content (AvgIpc) is 2.89. The van der Waals surface area contributed by atoms with Crippen molar-refractivity contribution in [2.75, 3.05) is 0 Å². The Hall–Kier alpha value is -2.18. The molecule has 0 aliphatic heterocycles. The van der Waals surface area contributed by atoms with E-state index in [1.165, 1.54) is 0 Å². The Morgan fingerprint density at radius 3 is 2.95 bits per heavy atom. The Morgan fingerprint density at radius 1 is 1.29 bits per heavy atom. The number of amides is 1. The fraction of sp³-hybridized carbons (Fsp3) is 0.0667. The van der Waals surface area contributed by atoms with Crippen LogP contribution in [-0.4, -0.2) is 15.5 Å². The van der Waals surface area contributed by atoms with Crippen molar-refractivity contribution in [2.24, 2.45) is 5.84 Å². The van der Waals surface area contributed by atoms with E-state index in [4.69, 9.17) is 5.84 Å². The Balaban J connectivity index is 1.93. The number of nitrogens with zero attached hydrogens (tertiary/aromatic N) is 2. The molecule has 0 aliphatic rings. The first-order chi connectivity index (χ1) is 10.2. The smallest absolute Gasteiger partial charge is 0.283 e. The molecule has 1 aromatic carbocycles. The summed E-state index contributed by atoms with van der Waals surface area (Å²) in [6, 6.07) is 13.5. The molecule has 5 nitrogen and oxygen atoms in total. The van der Waals surface area contributed by atoms with Crippen molar-refractivity contribution in [3.05, 3.63) is 64.5 Å². The van der Waals surface area contributed by atoms with E-state index in [1.807, 2.05) is 18.3 Å². The van der Waals surface area contributed by atoms with Crippen molar-refractivity contribution < 1.29 is 4.79 Å². The number of carbonyl (C=O) groups excluding carboxylic acids is 1. The fourth-order valence-electron chi connectivity index (χ4n) is 2.25. The first kappa shape index (κ1) is 13.8. The van der Waals surface area contributed by atoms with Crippen LogP contribution in [0.1, 0.15) is 16.2 Å². The molecular formula is C15H13BrN4O. The molecule has 0 saturated heterocycles. The molecule has 106 valence electrons. The molecule has 1 amide bonds. The summed E-state index contributed by atoms with van der Waals surface area (Å²) in [4.78, 5) is 15.8. The van der Waals surface area contributed by atoms with Gasteiger partial charge in [0.1, 0.15) is 5.69 Å². The zero-order valence-electron chi connectivity index (χ0n) is 11.1. The van der Waals surface area contributed by atoms with Crippen LogP contribution in [0.5, 0.6) is 0 Å². The number of benzene rings is 1. The predicted octanol–water partition coefficient (Wildman–Crippen LogP) is 2.45. The third-order valence-corrected chi connectivity index (χ3v) is 3.73. The third-order valence-electron chi connectivity index (χ3n) is 3.24. The van der Waals surface area contributed by atoms with Crippen molar-refractivity contribution >= 4 is 32.7 Å². The molecule has 2 heterocycles. The van der Waals surface area contributed by atoms with Gasteiger partial charge in [-0.2, -0.15) is 0 Å². The topological polar surface area (TPSA) is 72.9 Å². The van der Waals surface area contributed by atoms with Gasteiger partial charge in [0.15, 0.2) is 0 Å². The van der Waals surface area contributed by atoms with Gasteiger partial charge in [-0.1, -0.05) is 22.0 Å². The van der Waals surface area contributed by atoms with Gasteiger partial charge in [-0.3, -0.25) is 10.2 Å². The van der Waals surface area contributed by atoms with Gasteiger partial charge in [0.25, 0.3) is 5.91 Å². The highest BCUT2D eigenvalue weighted by Gasteiger charge is 2.07. The minimum absolute atomic E-state index is 0.314. The number of aromatic nitrogens is 2. The van der Waals surface area contributed by atoms with Crippen LogP contribution < -0.4 is 11.3 Å². The summed E-state index contributed by atoms with van der Waals surface area (Å²) in [5, 5.41) is 1.15. The van der Waals surface area contributed by atoms with E-state index < -0.39 is 5.91 Å². The van der Waals surface area contributed by atoms with E-state index in [2.05, 4.69) is 49.1 Å². The van der Waals surface area contributed by atoms with Crippen LogP contribution in [0.3, 0.4) is 0 Å². The normalized spacial score (nSPS) is 10.8. The summed E-state index contributed by atoms with van der Waals surface area (Å²) < 4.78 is 3.14. The zero-order valence-corrected chi connectivity index (χ0v) is 12.7. The van der Waals surface area contributed by atoms with Crippen LogP contribution >= 0.6 is 15.9 Å². The molecule has 0 bridgehead atoms. The number of nitrogens with two attached hydrogens (primary N) is 1. The second-order valence-corrected chi connectivity index (χ2v) is 5.55. The van der Waals surface area contributed by atoms with Crippen molar-refractivity contribution in [3.63, 3.8) is 0 Å². The highest BCUT2D eigenvalue weighted by Crippen LogP contribution is 2.21. The van der Waals surface area contributed by atoms with Gasteiger partial charge < -0.3 is 4.57 Å². The zero-order chi connectivity index (χ0) is 14.8. The molecule has 3 aromatic rings. The highest BCUT2D eigenvalue weighted by atomic mass is 79.9. The van der Waals surface area contributed by atoms with E-state index in [0.717, 1.165) is 21.1 Å². The lowest BCUT2D eigenvalue weighted by molar-refractivity contribution is 0.0948. The molecule has 6 heteroatoms. The number of pyridine rings is 1. The van der Waals surface area contributed by atoms with Crippen LogP contribution in [0, 0.1) is 0 Å². The first-order valence-electron chi connectivity index (χ1n) is 6.38. The van der Waals surface area contributed by atoms with E-state index >= 15 is 0 Å². The Bertz CT molecular complexity index is 812. The number of hydrazine groups is 1. The van der Waals surface area contributed by atoms with Gasteiger partial charge in [0.05, 0.1) is 12.2 Å². The molecule has 0 radical (unpaired) electrons. The van der Waals surface area contributed by atoms with Gasteiger partial charge in [0.2, 0.25) is 0 Å². The summed E-state index contributed by atoms with van der Waals surface area (Å²) >= 11 is 3.46. The molecule has 21 heavy (non-hydrogen) atoms. The summed E-state index contributed by atoms with van der Waals surface area (Å²) in [7, 11) is 0. The number of hydrogen-bond donors (Lipinski definition) is 2. The number of nitrogen functional groups attached to an aromatic ring is 1. The van der Waals surface area contributed by atoms with E-state index in [-0.39, 0.29) is 0 Å². The Morgan fingerprint density at radius 2 is 2.14 bits per heavy atom. The number of carbonyl (C=O) groups is 1. The van der Waals surface area contributed by atoms with E-state index in [9.17, 15) is 4.79 Å². The number of fused-ring (bicyclic) bond motifs is 1. The lowest BCUT2D eigenvalue weighted by Gasteiger charge is -2.07. The van der Waals surface area contributed by atoms with Crippen molar-refractivity contribution in [2.45, 2.75) is 6.54 Å². The molecule has 0 atom stereocenters. The summed E-state index contributed by atoms with van der Waals surface area (Å²) in [5.74, 6) is 4.74. The van der Waals surface area contributed by atoms with Crippen LogP contribution in [-0.2, 0) is 6.54 Å². The molecule has 0 saturated carbocycles. The van der Waals surface area contributed by atoms with Gasteiger partial charge in [0, 0.05) is 21.6 Å². The Labute approximate surface area is 129 Å². The maximum Gasteiger partial charge on any atom is 0.283 e. The maximum absolute atomic E-state index is 11.5. The largest absolute Gasteiger partial charge is 0.341 e. The van der Waals surface area contributed by atoms with Crippen LogP contribution in [0.15, 0.2) is 53.1 Å². The summed E-state index contributed by atoms with van der Waals surface area (Å²) in [5.41, 5.74) is 4.33. The van der Waals surface area contributed by atoms with Gasteiger partial charge in [-0.25, -0.2) is 10.8 Å². The van der Waals surface area contributed by atoms with Crippen LogP contribution in [0.2, 0.25) is 0 Å². The maximum atomic E-state index is 11.5. The second-order valence-electron chi connectivity index (χ2n) is 4.63. The summed E-state index contributed by atoms with van der Waals surface area (Å²) in [6.07, 6.45) is 2.01. The van der Waals surface area contributed by atoms with Gasteiger partial charge >= 0.3 is 0 Å². The standard InChI is InChI=1S/C15H13BrN4O/c16-11-4-5-14-10(8-11)6-7-20(14)9-12-2-1-3-13(18-12)15(21)19-17/h1-8H,9,17H2,(H,19,21). The Kier molecular flexibility index (Phi) is 3.72. The van der Waals surface area contributed by atoms with Gasteiger partial charge in [-0.15, -0.1) is 0 Å². The minimum atomic E-state index is -0.391. The molecule has 2 aromatic heterocycles. The number of hydrogen-bond acceptors (Lipinski definition) is 3. The molecule has 3 rings (SSSR count). The molecule has 0 unspecified atom stereocenters. The fourth-order valence-corrected chi connectivity index (χ4v) is 2.63. The second kappa shape index (κ2) is 5.67. The first-order valence-corrected chi connectivity index (χ1v) is 7.18. The molecule has 3 N–H and O–H groups in total. The SMILES string of the molecule is NNC(=O)c1cccc(Cn2ccc3cc(Br)ccc32)n1. The molecule has 0 aliphatic carbocycles. The molecule has 0 fully saturated rings. The van der Waals surface area contributed by atoms with E-state index in [1.54, 1.807) is 12.1 Å². The van der Waals surface area contributed by atoms with Crippen molar-refractivity contribution in [3.8, 4) is 0 Å². The third kappa shape index (κ3) is 2.81. The molecular weight excluding hydrogens is 332 g/mol. The predicted molar refractivity (Wildman–Crippen MR) is 84.6 cm³/mol. The van der Waals surface area contributed by atoms with Crippen molar-refractivity contribution in [1.82, 2.24) is 15.0 Å². The van der Waals surface area contributed by atoms with Crippen molar-refractivity contribution in [1.29, 1.82) is 0 Å². The lowest BCUT2D eigenvalue weighted by Crippen LogP contribution is -2.30. The lowest BCUT2D eigenvalue weighted by atomic mass is 10.2. The summed E-state index contributed by atoms with van der Waals surface area (Å²) in [6.45, 7) is 0.594. The average molecular weight is 345 g/mol. The monoisotopic (exact) mass is 344 g/mol. The molecule has 0 spiro atoms. The quantitative estimate of drug-likeness (QED) is 0.435. The van der Waals surface area contributed by atoms with Gasteiger partial charge in [-0.05, 0) is 36.4 Å². The highest BCUT2D eigenvalue weighted by molar-refractivity contribution is 9.10. The van der Waals surface area contributed by atoms with Crippen LogP contribution in [0.25, 0.3) is 10.9 Å². The minimum Gasteiger partial charge on any atom is -0.341 e. The van der Waals surface area contributed by atoms with E-state index in [0.29, 0.717) is 12.2 Å². The van der Waals surface area contributed by atoms with Crippen LogP contribution in [0.4, 0.5) is 0 Å². The number of nitrogens with one attached hydrogen (secondary N) is 1.